The van der Waals surface area contributed by atoms with Gasteiger partial charge < -0.3 is 15.0 Å². The highest BCUT2D eigenvalue weighted by atomic mass is 16.5. The second-order valence-electron chi connectivity index (χ2n) is 7.78. The summed E-state index contributed by atoms with van der Waals surface area (Å²) < 4.78 is 5.36. The Balaban J connectivity index is 1.39. The lowest BCUT2D eigenvalue weighted by Gasteiger charge is -2.28. The first-order chi connectivity index (χ1) is 14.9. The smallest absolute Gasteiger partial charge is 0.332 e. The Morgan fingerprint density at radius 3 is 2.26 bits per heavy atom. The van der Waals surface area contributed by atoms with Gasteiger partial charge in [0.2, 0.25) is 5.91 Å². The molecule has 31 heavy (non-hydrogen) atoms. The molecule has 2 fully saturated rings. The molecule has 2 aliphatic heterocycles. The third-order valence-corrected chi connectivity index (χ3v) is 5.59. The van der Waals surface area contributed by atoms with Gasteiger partial charge in [0.15, 0.2) is 0 Å². The summed E-state index contributed by atoms with van der Waals surface area (Å²) in [5.41, 5.74) is 3.38. The number of hydrogen-bond donors (Lipinski definition) is 1. The molecule has 2 aliphatic rings. The maximum atomic E-state index is 12.9. The number of rotatable bonds is 5. The number of carbonyl (C=O) groups is 3. The normalized spacial score (nSPS) is 19.2. The number of ether oxygens (including phenoxy) is 1. The van der Waals surface area contributed by atoms with E-state index < -0.39 is 18.0 Å². The molecular formula is C23H26N4O4. The van der Waals surface area contributed by atoms with Crippen LogP contribution in [0.1, 0.15) is 12.5 Å². The lowest BCUT2D eigenvalue weighted by molar-refractivity contribution is -0.130. The van der Waals surface area contributed by atoms with E-state index in [-0.39, 0.29) is 12.5 Å². The highest BCUT2D eigenvalue weighted by molar-refractivity contribution is 6.16. The SMILES string of the molecule is Cc1ccc(N2C(=O)N(CC(=O)Nc3ccc(N4CCOCC4)cc3)C(=O)C2C)cc1. The average molecular weight is 422 g/mol. The molecule has 2 saturated heterocycles. The fourth-order valence-electron chi connectivity index (χ4n) is 3.83. The summed E-state index contributed by atoms with van der Waals surface area (Å²) in [6, 6.07) is 13.7. The highest BCUT2D eigenvalue weighted by Crippen LogP contribution is 2.26. The third kappa shape index (κ3) is 4.39. The average Bonchev–Trinajstić information content (AvgIpc) is 2.99. The van der Waals surface area contributed by atoms with Crippen molar-refractivity contribution in [3.8, 4) is 0 Å². The topological polar surface area (TPSA) is 82.2 Å². The van der Waals surface area contributed by atoms with Gasteiger partial charge in [-0.3, -0.25) is 19.4 Å². The second-order valence-corrected chi connectivity index (χ2v) is 7.78. The van der Waals surface area contributed by atoms with Crippen molar-refractivity contribution in [3.05, 3.63) is 54.1 Å². The van der Waals surface area contributed by atoms with Crippen LogP contribution >= 0.6 is 0 Å². The van der Waals surface area contributed by atoms with Crippen LogP contribution in [0.2, 0.25) is 0 Å². The van der Waals surface area contributed by atoms with Crippen molar-refractivity contribution in [2.75, 3.05) is 48.0 Å². The minimum absolute atomic E-state index is 0.324. The molecule has 1 N–H and O–H groups in total. The molecule has 2 heterocycles. The van der Waals surface area contributed by atoms with Crippen LogP contribution in [0.15, 0.2) is 48.5 Å². The fourth-order valence-corrected chi connectivity index (χ4v) is 3.83. The first-order valence-electron chi connectivity index (χ1n) is 10.4. The Bertz CT molecular complexity index is 968. The van der Waals surface area contributed by atoms with Crippen LogP contribution in [0.3, 0.4) is 0 Å². The molecular weight excluding hydrogens is 396 g/mol. The first-order valence-corrected chi connectivity index (χ1v) is 10.4. The lowest BCUT2D eigenvalue weighted by atomic mass is 10.2. The molecule has 0 radical (unpaired) electrons. The van der Waals surface area contributed by atoms with E-state index in [2.05, 4.69) is 10.2 Å². The quantitative estimate of drug-likeness (QED) is 0.749. The molecule has 8 heteroatoms. The van der Waals surface area contributed by atoms with Crippen molar-refractivity contribution in [2.45, 2.75) is 19.9 Å². The standard InChI is InChI=1S/C23H26N4O4/c1-16-3-7-20(8-4-16)27-17(2)22(29)26(23(27)30)15-21(28)24-18-5-9-19(10-6-18)25-11-13-31-14-12-25/h3-10,17H,11-15H2,1-2H3,(H,24,28). The van der Waals surface area contributed by atoms with Crippen LogP contribution in [0, 0.1) is 6.92 Å². The zero-order valence-electron chi connectivity index (χ0n) is 17.7. The number of imide groups is 1. The molecule has 162 valence electrons. The van der Waals surface area contributed by atoms with Crippen LogP contribution < -0.4 is 15.1 Å². The van der Waals surface area contributed by atoms with Gasteiger partial charge in [0, 0.05) is 30.2 Å². The number of anilines is 3. The van der Waals surface area contributed by atoms with Crippen molar-refractivity contribution < 1.29 is 19.1 Å². The van der Waals surface area contributed by atoms with Crippen molar-refractivity contribution in [1.82, 2.24) is 4.90 Å². The van der Waals surface area contributed by atoms with Crippen LogP contribution in [0.25, 0.3) is 0 Å². The van der Waals surface area contributed by atoms with Gasteiger partial charge in [0.25, 0.3) is 5.91 Å². The van der Waals surface area contributed by atoms with Crippen LogP contribution in [0.5, 0.6) is 0 Å². The Labute approximate surface area is 181 Å². The summed E-state index contributed by atoms with van der Waals surface area (Å²) in [6.07, 6.45) is 0. The Morgan fingerprint density at radius 1 is 1.00 bits per heavy atom. The van der Waals surface area contributed by atoms with E-state index in [9.17, 15) is 14.4 Å². The van der Waals surface area contributed by atoms with Crippen LogP contribution in [-0.2, 0) is 14.3 Å². The monoisotopic (exact) mass is 422 g/mol. The van der Waals surface area contributed by atoms with E-state index in [4.69, 9.17) is 4.74 Å². The minimum atomic E-state index is -0.657. The summed E-state index contributed by atoms with van der Waals surface area (Å²) in [6.45, 7) is 6.37. The number of hydrogen-bond acceptors (Lipinski definition) is 5. The molecule has 1 atom stereocenters. The molecule has 8 nitrogen and oxygen atoms in total. The van der Waals surface area contributed by atoms with E-state index in [1.165, 1.54) is 4.90 Å². The van der Waals surface area contributed by atoms with Gasteiger partial charge in [-0.05, 0) is 50.2 Å². The molecule has 0 saturated carbocycles. The lowest BCUT2D eigenvalue weighted by Crippen LogP contribution is -2.39. The number of carbonyl (C=O) groups excluding carboxylic acids is 3. The molecule has 2 aromatic carbocycles. The van der Waals surface area contributed by atoms with Crippen molar-refractivity contribution >= 4 is 34.9 Å². The Hall–Kier alpha value is -3.39. The van der Waals surface area contributed by atoms with Gasteiger partial charge in [-0.2, -0.15) is 0 Å². The number of nitrogens with one attached hydrogen (secondary N) is 1. The number of nitrogens with zero attached hydrogens (tertiary/aromatic N) is 3. The van der Waals surface area contributed by atoms with Gasteiger partial charge in [0.1, 0.15) is 12.6 Å². The number of morpholine rings is 1. The molecule has 4 amide bonds. The predicted molar refractivity (Wildman–Crippen MR) is 118 cm³/mol. The van der Waals surface area contributed by atoms with E-state index in [0.29, 0.717) is 24.6 Å². The summed E-state index contributed by atoms with van der Waals surface area (Å²) in [4.78, 5) is 42.7. The first kappa shape index (κ1) is 20.9. The minimum Gasteiger partial charge on any atom is -0.378 e. The molecule has 0 aliphatic carbocycles. The van der Waals surface area contributed by atoms with E-state index >= 15 is 0 Å². The third-order valence-electron chi connectivity index (χ3n) is 5.59. The molecule has 2 aromatic rings. The Morgan fingerprint density at radius 2 is 1.61 bits per heavy atom. The predicted octanol–water partition coefficient (Wildman–Crippen LogP) is 2.63. The molecule has 0 spiro atoms. The van der Waals surface area contributed by atoms with Crippen LogP contribution in [-0.4, -0.2) is 61.6 Å². The van der Waals surface area contributed by atoms with Crippen molar-refractivity contribution in [1.29, 1.82) is 0 Å². The summed E-state index contributed by atoms with van der Waals surface area (Å²) in [5.74, 6) is -0.804. The van der Waals surface area contributed by atoms with Gasteiger partial charge in [-0.25, -0.2) is 4.79 Å². The number of amides is 4. The zero-order chi connectivity index (χ0) is 22.0. The van der Waals surface area contributed by atoms with Gasteiger partial charge in [-0.1, -0.05) is 17.7 Å². The van der Waals surface area contributed by atoms with Gasteiger partial charge in [-0.15, -0.1) is 0 Å². The number of benzene rings is 2. The maximum Gasteiger partial charge on any atom is 0.332 e. The van der Waals surface area contributed by atoms with E-state index in [0.717, 1.165) is 29.2 Å². The Kier molecular flexibility index (Phi) is 5.90. The number of urea groups is 1. The maximum absolute atomic E-state index is 12.9. The summed E-state index contributed by atoms with van der Waals surface area (Å²) in [5, 5.41) is 2.77. The second kappa shape index (κ2) is 8.77. The zero-order valence-corrected chi connectivity index (χ0v) is 17.7. The largest absolute Gasteiger partial charge is 0.378 e. The summed E-state index contributed by atoms with van der Waals surface area (Å²) in [7, 11) is 0. The summed E-state index contributed by atoms with van der Waals surface area (Å²) >= 11 is 0. The fraction of sp³-hybridized carbons (Fsp3) is 0.348. The molecule has 4 rings (SSSR count). The van der Waals surface area contributed by atoms with Crippen molar-refractivity contribution in [3.63, 3.8) is 0 Å². The van der Waals surface area contributed by atoms with E-state index in [1.807, 2.05) is 43.3 Å². The highest BCUT2D eigenvalue weighted by Gasteiger charge is 2.44. The van der Waals surface area contributed by atoms with Crippen molar-refractivity contribution in [2.24, 2.45) is 0 Å². The molecule has 0 aromatic heterocycles. The van der Waals surface area contributed by atoms with E-state index in [1.54, 1.807) is 19.1 Å². The van der Waals surface area contributed by atoms with Gasteiger partial charge >= 0.3 is 6.03 Å². The number of aryl methyl sites for hydroxylation is 1. The van der Waals surface area contributed by atoms with Gasteiger partial charge in [0.05, 0.1) is 13.2 Å². The molecule has 1 unspecified atom stereocenters. The molecule has 0 bridgehead atoms. The van der Waals surface area contributed by atoms with Crippen LogP contribution in [0.4, 0.5) is 21.9 Å².